The number of ether oxygens (including phenoxy) is 3. The highest BCUT2D eigenvalue weighted by atomic mass is 35.5. The summed E-state index contributed by atoms with van der Waals surface area (Å²) in [7, 11) is 0. The van der Waals surface area contributed by atoms with Crippen LogP contribution in [0.4, 0.5) is 4.79 Å². The number of rotatable bonds is 6. The van der Waals surface area contributed by atoms with Crippen molar-refractivity contribution in [2.75, 3.05) is 26.3 Å². The predicted octanol–water partition coefficient (Wildman–Crippen LogP) is 2.55. The number of pyridine rings is 1. The minimum Gasteiger partial charge on any atom is -0.473 e. The minimum absolute atomic E-state index is 0.0161. The monoisotopic (exact) mass is 399 g/mol. The molecule has 0 aromatic carbocycles. The second-order valence-corrected chi connectivity index (χ2v) is 7.53. The number of carbonyl (C=O) groups is 2. The Bertz CT molecular complexity index is 657. The van der Waals surface area contributed by atoms with E-state index in [1.807, 2.05) is 0 Å². The van der Waals surface area contributed by atoms with Crippen molar-refractivity contribution in [1.29, 1.82) is 0 Å². The lowest BCUT2D eigenvalue weighted by Crippen LogP contribution is -2.37. The van der Waals surface area contributed by atoms with Gasteiger partial charge in [-0.25, -0.2) is 9.78 Å². The van der Waals surface area contributed by atoms with Crippen molar-refractivity contribution in [3.05, 3.63) is 22.8 Å². The summed E-state index contributed by atoms with van der Waals surface area (Å²) in [6, 6.07) is 1.51. The fourth-order valence-electron chi connectivity index (χ4n) is 2.34. The van der Waals surface area contributed by atoms with E-state index in [0.29, 0.717) is 24.7 Å². The Hall–Kier alpha value is -2.06. The first-order valence-corrected chi connectivity index (χ1v) is 9.27. The van der Waals surface area contributed by atoms with Gasteiger partial charge in [-0.05, 0) is 26.8 Å². The molecule has 0 bridgehead atoms. The van der Waals surface area contributed by atoms with Gasteiger partial charge in [0, 0.05) is 32.1 Å². The lowest BCUT2D eigenvalue weighted by molar-refractivity contribution is 0.0237. The van der Waals surface area contributed by atoms with Crippen LogP contribution in [0.2, 0.25) is 5.02 Å². The molecule has 0 radical (unpaired) electrons. The number of hydrogen-bond acceptors (Lipinski definition) is 6. The van der Waals surface area contributed by atoms with Gasteiger partial charge in [0.25, 0.3) is 5.91 Å². The van der Waals surface area contributed by atoms with E-state index in [-0.39, 0.29) is 30.1 Å². The summed E-state index contributed by atoms with van der Waals surface area (Å²) in [5.41, 5.74) is -0.249. The fourth-order valence-corrected chi connectivity index (χ4v) is 2.56. The van der Waals surface area contributed by atoms with Crippen LogP contribution in [0.15, 0.2) is 12.3 Å². The van der Waals surface area contributed by atoms with Crippen LogP contribution < -0.4 is 15.4 Å². The van der Waals surface area contributed by atoms with Crippen molar-refractivity contribution in [2.45, 2.75) is 45.3 Å². The third-order valence-corrected chi connectivity index (χ3v) is 3.87. The number of halogens is 1. The smallest absolute Gasteiger partial charge is 0.407 e. The number of nitrogens with zero attached hydrogens (tertiary/aromatic N) is 1. The molecule has 2 N–H and O–H groups in total. The molecular weight excluding hydrogens is 374 g/mol. The Morgan fingerprint density at radius 1 is 1.26 bits per heavy atom. The van der Waals surface area contributed by atoms with Gasteiger partial charge >= 0.3 is 6.09 Å². The molecule has 2 heterocycles. The molecule has 1 saturated heterocycles. The number of nitrogens with one attached hydrogen (secondary N) is 2. The van der Waals surface area contributed by atoms with Crippen molar-refractivity contribution >= 4 is 23.6 Å². The zero-order valence-corrected chi connectivity index (χ0v) is 16.6. The summed E-state index contributed by atoms with van der Waals surface area (Å²) in [5.74, 6) is -0.0280. The highest BCUT2D eigenvalue weighted by molar-refractivity contribution is 6.32. The first-order chi connectivity index (χ1) is 12.7. The van der Waals surface area contributed by atoms with E-state index in [0.717, 1.165) is 12.8 Å². The molecule has 2 rings (SSSR count). The maximum Gasteiger partial charge on any atom is 0.407 e. The van der Waals surface area contributed by atoms with Gasteiger partial charge in [0.2, 0.25) is 5.88 Å². The maximum absolute atomic E-state index is 12.2. The second-order valence-electron chi connectivity index (χ2n) is 7.13. The molecule has 2 amide bonds. The number of hydrogen-bond donors (Lipinski definition) is 2. The third kappa shape index (κ3) is 7.60. The quantitative estimate of drug-likeness (QED) is 0.713. The summed E-state index contributed by atoms with van der Waals surface area (Å²) in [4.78, 5) is 27.8. The summed E-state index contributed by atoms with van der Waals surface area (Å²) in [6.45, 7) is 7.13. The van der Waals surface area contributed by atoms with Crippen LogP contribution in [0.25, 0.3) is 0 Å². The third-order valence-electron chi connectivity index (χ3n) is 3.60. The van der Waals surface area contributed by atoms with E-state index >= 15 is 0 Å². The molecular formula is C18H26ClN3O5. The van der Waals surface area contributed by atoms with Crippen molar-refractivity contribution in [3.8, 4) is 5.88 Å². The van der Waals surface area contributed by atoms with E-state index in [2.05, 4.69) is 15.6 Å². The van der Waals surface area contributed by atoms with Crippen LogP contribution >= 0.6 is 11.6 Å². The molecule has 1 aliphatic heterocycles. The minimum atomic E-state index is -0.565. The summed E-state index contributed by atoms with van der Waals surface area (Å²) < 4.78 is 16.2. The van der Waals surface area contributed by atoms with Gasteiger partial charge in [-0.2, -0.15) is 0 Å². The molecule has 0 unspecified atom stereocenters. The first kappa shape index (κ1) is 21.2. The standard InChI is InChI=1S/C18H26ClN3O5/c1-18(2,3)27-17(24)21-7-6-20-15(23)12-10-14(19)16(22-11-12)26-13-4-8-25-9-5-13/h10-11,13H,4-9H2,1-3H3,(H,20,23)(H,21,24). The van der Waals surface area contributed by atoms with Gasteiger partial charge in [-0.1, -0.05) is 11.6 Å². The van der Waals surface area contributed by atoms with Crippen molar-refractivity contribution < 1.29 is 23.8 Å². The summed E-state index contributed by atoms with van der Waals surface area (Å²) >= 11 is 6.18. The average molecular weight is 400 g/mol. The predicted molar refractivity (Wildman–Crippen MR) is 100 cm³/mol. The zero-order chi connectivity index (χ0) is 19.9. The van der Waals surface area contributed by atoms with Gasteiger partial charge in [-0.15, -0.1) is 0 Å². The van der Waals surface area contributed by atoms with Gasteiger partial charge in [0.15, 0.2) is 0 Å². The number of alkyl carbamates (subject to hydrolysis) is 1. The van der Waals surface area contributed by atoms with E-state index in [1.165, 1.54) is 12.3 Å². The van der Waals surface area contributed by atoms with Crippen molar-refractivity contribution in [3.63, 3.8) is 0 Å². The SMILES string of the molecule is CC(C)(C)OC(=O)NCCNC(=O)c1cnc(OC2CCOCC2)c(Cl)c1. The lowest BCUT2D eigenvalue weighted by Gasteiger charge is -2.23. The normalized spacial score (nSPS) is 15.1. The first-order valence-electron chi connectivity index (χ1n) is 8.89. The molecule has 9 heteroatoms. The van der Waals surface area contributed by atoms with Crippen LogP contribution in [0.1, 0.15) is 44.0 Å². The summed E-state index contributed by atoms with van der Waals surface area (Å²) in [5, 5.41) is 5.52. The topological polar surface area (TPSA) is 98.8 Å². The number of aromatic nitrogens is 1. The molecule has 0 atom stereocenters. The van der Waals surface area contributed by atoms with E-state index in [1.54, 1.807) is 20.8 Å². The van der Waals surface area contributed by atoms with Crippen LogP contribution in [-0.4, -0.2) is 55.0 Å². The van der Waals surface area contributed by atoms with Crippen molar-refractivity contribution in [2.24, 2.45) is 0 Å². The molecule has 1 fully saturated rings. The van der Waals surface area contributed by atoms with E-state index in [9.17, 15) is 9.59 Å². The lowest BCUT2D eigenvalue weighted by atomic mass is 10.1. The molecule has 1 aromatic rings. The maximum atomic E-state index is 12.2. The largest absolute Gasteiger partial charge is 0.473 e. The number of amides is 2. The molecule has 0 spiro atoms. The average Bonchev–Trinajstić information content (AvgIpc) is 2.59. The molecule has 1 aromatic heterocycles. The number of carbonyl (C=O) groups excluding carboxylic acids is 2. The molecule has 0 saturated carbocycles. The fraction of sp³-hybridized carbons (Fsp3) is 0.611. The Labute approximate surface area is 163 Å². The van der Waals surface area contributed by atoms with Crippen LogP contribution in [0.5, 0.6) is 5.88 Å². The Morgan fingerprint density at radius 2 is 1.93 bits per heavy atom. The Kier molecular flexibility index (Phi) is 7.67. The molecule has 27 heavy (non-hydrogen) atoms. The molecule has 8 nitrogen and oxygen atoms in total. The zero-order valence-electron chi connectivity index (χ0n) is 15.8. The molecule has 150 valence electrons. The van der Waals surface area contributed by atoms with Gasteiger partial charge in [0.1, 0.15) is 16.7 Å². The van der Waals surface area contributed by atoms with Gasteiger partial charge < -0.3 is 24.8 Å². The van der Waals surface area contributed by atoms with Crippen molar-refractivity contribution in [1.82, 2.24) is 15.6 Å². The van der Waals surface area contributed by atoms with E-state index < -0.39 is 11.7 Å². The van der Waals surface area contributed by atoms with Crippen LogP contribution in [0.3, 0.4) is 0 Å². The second kappa shape index (κ2) is 9.75. The molecule has 0 aliphatic carbocycles. The molecule has 1 aliphatic rings. The summed E-state index contributed by atoms with van der Waals surface area (Å²) in [6.07, 6.45) is 2.46. The Morgan fingerprint density at radius 3 is 2.56 bits per heavy atom. The highest BCUT2D eigenvalue weighted by Gasteiger charge is 2.19. The van der Waals surface area contributed by atoms with Crippen LogP contribution in [-0.2, 0) is 9.47 Å². The highest BCUT2D eigenvalue weighted by Crippen LogP contribution is 2.25. The van der Waals surface area contributed by atoms with Gasteiger partial charge in [0.05, 0.1) is 18.8 Å². The Balaban J connectivity index is 1.77. The van der Waals surface area contributed by atoms with Crippen LogP contribution in [0, 0.1) is 0 Å². The van der Waals surface area contributed by atoms with E-state index in [4.69, 9.17) is 25.8 Å². The van der Waals surface area contributed by atoms with Gasteiger partial charge in [-0.3, -0.25) is 4.79 Å².